The Labute approximate surface area is 113 Å². The first kappa shape index (κ1) is 15.3. The molecule has 0 spiro atoms. The number of rotatable bonds is 10. The molecule has 0 aromatic carbocycles. The van der Waals surface area contributed by atoms with Crippen LogP contribution in [0.5, 0.6) is 0 Å². The third-order valence-corrected chi connectivity index (χ3v) is 3.54. The first-order valence-corrected chi connectivity index (χ1v) is 7.88. The molecule has 104 valence electrons. The highest BCUT2D eigenvalue weighted by molar-refractivity contribution is 5.10. The highest BCUT2D eigenvalue weighted by Crippen LogP contribution is 2.16. The van der Waals surface area contributed by atoms with Gasteiger partial charge in [-0.3, -0.25) is 0 Å². The zero-order valence-electron chi connectivity index (χ0n) is 12.1. The van der Waals surface area contributed by atoms with Gasteiger partial charge in [-0.25, -0.2) is 0 Å². The molecule has 1 aliphatic rings. The second kappa shape index (κ2) is 11.4. The fourth-order valence-corrected chi connectivity index (χ4v) is 2.33. The minimum Gasteiger partial charge on any atom is -0.501 e. The molecule has 0 aromatic rings. The summed E-state index contributed by atoms with van der Waals surface area (Å²) in [7, 11) is 0. The monoisotopic (exact) mass is 250 g/mol. The predicted octanol–water partition coefficient (Wildman–Crippen LogP) is 5.77. The molecule has 0 radical (unpaired) electrons. The molecular weight excluding hydrogens is 220 g/mol. The van der Waals surface area contributed by atoms with Gasteiger partial charge in [0, 0.05) is 0 Å². The van der Waals surface area contributed by atoms with Crippen molar-refractivity contribution >= 4 is 0 Å². The molecule has 0 unspecified atom stereocenters. The molecule has 0 saturated carbocycles. The van der Waals surface area contributed by atoms with Gasteiger partial charge in [-0.2, -0.15) is 0 Å². The van der Waals surface area contributed by atoms with Crippen LogP contribution < -0.4 is 0 Å². The molecule has 0 heterocycles. The minimum absolute atomic E-state index is 0.905. The molecular formula is C17H30O. The van der Waals surface area contributed by atoms with E-state index in [0.29, 0.717) is 0 Å². The second-order valence-corrected chi connectivity index (χ2v) is 5.34. The Balaban J connectivity index is 1.82. The minimum atomic E-state index is 0.905. The lowest BCUT2D eigenvalue weighted by Crippen LogP contribution is -1.93. The van der Waals surface area contributed by atoms with Crippen molar-refractivity contribution in [1.29, 1.82) is 0 Å². The number of ether oxygens (including phenoxy) is 1. The van der Waals surface area contributed by atoms with E-state index in [-0.39, 0.29) is 0 Å². The number of hydrogen-bond acceptors (Lipinski definition) is 1. The maximum atomic E-state index is 5.62. The van der Waals surface area contributed by atoms with Crippen molar-refractivity contribution in [3.05, 3.63) is 24.0 Å². The highest BCUT2D eigenvalue weighted by atomic mass is 16.5. The Morgan fingerprint density at radius 1 is 1.00 bits per heavy atom. The molecule has 1 rings (SSSR count). The summed E-state index contributed by atoms with van der Waals surface area (Å²) >= 11 is 0. The van der Waals surface area contributed by atoms with Gasteiger partial charge in [0.05, 0.1) is 12.9 Å². The van der Waals surface area contributed by atoms with Crippen LogP contribution in [0.3, 0.4) is 0 Å². The smallest absolute Gasteiger partial charge is 0.0873 e. The summed E-state index contributed by atoms with van der Waals surface area (Å²) in [6.45, 7) is 3.18. The summed E-state index contributed by atoms with van der Waals surface area (Å²) in [4.78, 5) is 0. The Morgan fingerprint density at radius 3 is 2.39 bits per heavy atom. The van der Waals surface area contributed by atoms with Gasteiger partial charge in [0.1, 0.15) is 0 Å². The van der Waals surface area contributed by atoms with Crippen LogP contribution in [0.2, 0.25) is 0 Å². The van der Waals surface area contributed by atoms with Crippen LogP contribution in [0.15, 0.2) is 24.0 Å². The van der Waals surface area contributed by atoms with Gasteiger partial charge in [0.25, 0.3) is 0 Å². The van der Waals surface area contributed by atoms with Gasteiger partial charge >= 0.3 is 0 Å². The van der Waals surface area contributed by atoms with E-state index in [1.807, 2.05) is 6.26 Å². The van der Waals surface area contributed by atoms with Crippen molar-refractivity contribution in [2.75, 3.05) is 6.61 Å². The Kier molecular flexibility index (Phi) is 9.69. The highest BCUT2D eigenvalue weighted by Gasteiger charge is 1.99. The topological polar surface area (TPSA) is 9.23 Å². The maximum Gasteiger partial charge on any atom is 0.0873 e. The standard InChI is InChI=1S/C17H30O/c1-2-3-4-5-6-7-8-12-15-18-16-17-13-10-9-11-14-17/h9-10,16H,2-8,11-15H2,1H3. The van der Waals surface area contributed by atoms with E-state index in [9.17, 15) is 0 Å². The second-order valence-electron chi connectivity index (χ2n) is 5.34. The van der Waals surface area contributed by atoms with Gasteiger partial charge < -0.3 is 4.74 Å². The summed E-state index contributed by atoms with van der Waals surface area (Å²) in [5.74, 6) is 0. The lowest BCUT2D eigenvalue weighted by Gasteiger charge is -2.08. The molecule has 1 nitrogen and oxygen atoms in total. The van der Waals surface area contributed by atoms with Gasteiger partial charge in [0.15, 0.2) is 0 Å². The first-order chi connectivity index (χ1) is 8.93. The van der Waals surface area contributed by atoms with Crippen LogP contribution in [-0.2, 0) is 4.74 Å². The maximum absolute atomic E-state index is 5.62. The fraction of sp³-hybridized carbons (Fsp3) is 0.765. The lowest BCUT2D eigenvalue weighted by atomic mass is 10.0. The average Bonchev–Trinajstić information content (AvgIpc) is 2.42. The van der Waals surface area contributed by atoms with Gasteiger partial charge in [-0.1, -0.05) is 64.0 Å². The lowest BCUT2D eigenvalue weighted by molar-refractivity contribution is 0.236. The molecule has 0 aromatic heterocycles. The van der Waals surface area contributed by atoms with Crippen molar-refractivity contribution in [2.45, 2.75) is 77.6 Å². The van der Waals surface area contributed by atoms with E-state index in [1.165, 1.54) is 69.8 Å². The number of unbranched alkanes of at least 4 members (excludes halogenated alkanes) is 7. The van der Waals surface area contributed by atoms with Crippen molar-refractivity contribution in [3.8, 4) is 0 Å². The van der Waals surface area contributed by atoms with Gasteiger partial charge in [-0.05, 0) is 31.3 Å². The van der Waals surface area contributed by atoms with E-state index in [1.54, 1.807) is 0 Å². The Morgan fingerprint density at radius 2 is 1.72 bits per heavy atom. The van der Waals surface area contributed by atoms with Gasteiger partial charge in [-0.15, -0.1) is 0 Å². The van der Waals surface area contributed by atoms with E-state index in [0.717, 1.165) is 13.0 Å². The van der Waals surface area contributed by atoms with Crippen molar-refractivity contribution < 1.29 is 4.74 Å². The summed E-state index contributed by atoms with van der Waals surface area (Å²) in [5, 5.41) is 0. The molecule has 0 fully saturated rings. The Bertz CT molecular complexity index is 240. The molecule has 0 atom stereocenters. The zero-order valence-corrected chi connectivity index (χ0v) is 12.1. The van der Waals surface area contributed by atoms with E-state index >= 15 is 0 Å². The van der Waals surface area contributed by atoms with Crippen LogP contribution in [0.4, 0.5) is 0 Å². The van der Waals surface area contributed by atoms with Crippen molar-refractivity contribution in [1.82, 2.24) is 0 Å². The molecule has 0 N–H and O–H groups in total. The van der Waals surface area contributed by atoms with E-state index in [4.69, 9.17) is 4.74 Å². The molecule has 1 heteroatoms. The summed E-state index contributed by atoms with van der Waals surface area (Å²) < 4.78 is 5.62. The van der Waals surface area contributed by atoms with Crippen molar-refractivity contribution in [3.63, 3.8) is 0 Å². The van der Waals surface area contributed by atoms with Crippen LogP contribution in [-0.4, -0.2) is 6.61 Å². The third-order valence-electron chi connectivity index (χ3n) is 3.54. The zero-order chi connectivity index (χ0) is 12.9. The fourth-order valence-electron chi connectivity index (χ4n) is 2.33. The summed E-state index contributed by atoms with van der Waals surface area (Å²) in [6, 6.07) is 0. The van der Waals surface area contributed by atoms with Crippen molar-refractivity contribution in [2.24, 2.45) is 0 Å². The van der Waals surface area contributed by atoms with Gasteiger partial charge in [0.2, 0.25) is 0 Å². The number of allylic oxidation sites excluding steroid dienone is 3. The Hall–Kier alpha value is -0.720. The normalized spacial score (nSPS) is 17.3. The molecule has 18 heavy (non-hydrogen) atoms. The SMILES string of the molecule is CCCCCCCCCCOC=C1CC=CCC1. The average molecular weight is 250 g/mol. The molecule has 0 aliphatic heterocycles. The van der Waals surface area contributed by atoms with Crippen LogP contribution >= 0.6 is 0 Å². The summed E-state index contributed by atoms with van der Waals surface area (Å²) in [6.07, 6.45) is 20.9. The first-order valence-electron chi connectivity index (χ1n) is 7.88. The molecule has 0 saturated heterocycles. The summed E-state index contributed by atoms with van der Waals surface area (Å²) in [5.41, 5.74) is 1.46. The molecule has 1 aliphatic carbocycles. The van der Waals surface area contributed by atoms with E-state index < -0.39 is 0 Å². The predicted molar refractivity (Wildman–Crippen MR) is 79.6 cm³/mol. The number of hydrogen-bond donors (Lipinski definition) is 0. The largest absolute Gasteiger partial charge is 0.501 e. The molecule has 0 amide bonds. The van der Waals surface area contributed by atoms with Crippen LogP contribution in [0.1, 0.15) is 77.6 Å². The van der Waals surface area contributed by atoms with Crippen LogP contribution in [0, 0.1) is 0 Å². The third kappa shape index (κ3) is 8.38. The quantitative estimate of drug-likeness (QED) is 0.272. The van der Waals surface area contributed by atoms with E-state index in [2.05, 4.69) is 19.1 Å². The van der Waals surface area contributed by atoms with Crippen LogP contribution in [0.25, 0.3) is 0 Å². The molecule has 0 bridgehead atoms.